The first kappa shape index (κ1) is 21.5. The van der Waals surface area contributed by atoms with Crippen molar-refractivity contribution in [3.05, 3.63) is 58.1 Å². The number of amides is 1. The van der Waals surface area contributed by atoms with E-state index in [0.29, 0.717) is 23.0 Å². The van der Waals surface area contributed by atoms with Crippen molar-refractivity contribution in [3.63, 3.8) is 0 Å². The molecule has 5 rings (SSSR count). The molecule has 2 heterocycles. The van der Waals surface area contributed by atoms with Crippen LogP contribution in [0.3, 0.4) is 0 Å². The second kappa shape index (κ2) is 8.20. The molecular formula is C26H28ClNO4. The Morgan fingerprint density at radius 3 is 2.50 bits per heavy atom. The molecule has 3 fully saturated rings. The topological polar surface area (TPSA) is 66.8 Å². The number of carboxylic acid groups (broad SMARTS) is 1. The molecule has 0 aromatic heterocycles. The molecule has 2 aromatic carbocycles. The van der Waals surface area contributed by atoms with Gasteiger partial charge in [0.2, 0.25) is 0 Å². The number of carbonyl (C=O) groups is 2. The molecule has 2 aromatic rings. The molecule has 2 atom stereocenters. The fourth-order valence-corrected chi connectivity index (χ4v) is 5.74. The van der Waals surface area contributed by atoms with E-state index in [4.69, 9.17) is 16.3 Å². The molecule has 3 aliphatic rings. The van der Waals surface area contributed by atoms with E-state index < -0.39 is 5.97 Å². The lowest BCUT2D eigenvalue weighted by molar-refractivity contribution is -0.142. The number of aromatic carboxylic acids is 1. The number of rotatable bonds is 4. The van der Waals surface area contributed by atoms with Crippen LogP contribution in [0.1, 0.15) is 59.5 Å². The fourth-order valence-electron chi connectivity index (χ4n) is 5.52. The third kappa shape index (κ3) is 3.82. The summed E-state index contributed by atoms with van der Waals surface area (Å²) in [4.78, 5) is 26.1. The first-order valence-electron chi connectivity index (χ1n) is 11.4. The molecule has 1 aliphatic carbocycles. The van der Waals surface area contributed by atoms with Gasteiger partial charge in [0.15, 0.2) is 0 Å². The maximum Gasteiger partial charge on any atom is 0.335 e. The molecule has 0 unspecified atom stereocenters. The van der Waals surface area contributed by atoms with Crippen molar-refractivity contribution in [1.82, 2.24) is 4.90 Å². The smallest absolute Gasteiger partial charge is 0.335 e. The summed E-state index contributed by atoms with van der Waals surface area (Å²) in [5.41, 5.74) is 4.31. The number of nitrogens with zero attached hydrogens (tertiary/aromatic N) is 1. The summed E-state index contributed by atoms with van der Waals surface area (Å²) in [5, 5.41) is 9.97. The average molecular weight is 454 g/mol. The number of halogens is 1. The third-order valence-electron chi connectivity index (χ3n) is 7.59. The van der Waals surface area contributed by atoms with E-state index in [9.17, 15) is 14.7 Å². The Morgan fingerprint density at radius 2 is 1.88 bits per heavy atom. The van der Waals surface area contributed by atoms with Gasteiger partial charge in [-0.3, -0.25) is 4.79 Å². The minimum atomic E-state index is -0.952. The van der Waals surface area contributed by atoms with E-state index >= 15 is 0 Å². The number of aryl methyl sites for hydroxylation is 1. The van der Waals surface area contributed by atoms with Crippen LogP contribution in [0.4, 0.5) is 0 Å². The maximum absolute atomic E-state index is 12.6. The van der Waals surface area contributed by atoms with Crippen molar-refractivity contribution in [2.75, 3.05) is 19.7 Å². The maximum atomic E-state index is 12.6. The Hall–Kier alpha value is -2.37. The van der Waals surface area contributed by atoms with Crippen molar-refractivity contribution in [2.45, 2.75) is 51.0 Å². The molecule has 1 saturated carbocycles. The molecule has 32 heavy (non-hydrogen) atoms. The SMILES string of the molecule is Cc1cc(C(=O)O)cc(-c2ccc([C@@H]3CC34CCN(C(=O)[C@H]3CCCO3)CC4)cc2)c1Cl. The quantitative estimate of drug-likeness (QED) is 0.683. The Balaban J connectivity index is 1.27. The van der Waals surface area contributed by atoms with Crippen LogP contribution in [0.5, 0.6) is 0 Å². The summed E-state index contributed by atoms with van der Waals surface area (Å²) >= 11 is 6.49. The highest BCUT2D eigenvalue weighted by Gasteiger charge is 2.55. The Labute approximate surface area is 193 Å². The molecule has 2 aliphatic heterocycles. The minimum absolute atomic E-state index is 0.176. The van der Waals surface area contributed by atoms with E-state index in [0.717, 1.165) is 55.5 Å². The van der Waals surface area contributed by atoms with Gasteiger partial charge in [-0.25, -0.2) is 4.79 Å². The number of ether oxygens (including phenoxy) is 1. The van der Waals surface area contributed by atoms with Gasteiger partial charge in [0, 0.05) is 25.3 Å². The van der Waals surface area contributed by atoms with Crippen LogP contribution in [-0.4, -0.2) is 47.7 Å². The fraction of sp³-hybridized carbons (Fsp3) is 0.462. The Bertz CT molecular complexity index is 1050. The summed E-state index contributed by atoms with van der Waals surface area (Å²) < 4.78 is 5.58. The van der Waals surface area contributed by atoms with E-state index in [1.54, 1.807) is 12.1 Å². The van der Waals surface area contributed by atoms with E-state index in [2.05, 4.69) is 12.1 Å². The second-order valence-corrected chi connectivity index (χ2v) is 9.91. The van der Waals surface area contributed by atoms with Gasteiger partial charge in [-0.2, -0.15) is 0 Å². The summed E-state index contributed by atoms with van der Waals surface area (Å²) in [6.45, 7) is 4.18. The first-order chi connectivity index (χ1) is 15.4. The standard InChI is InChI=1S/C26H28ClNO4/c1-16-13-19(25(30)31)14-20(23(16)27)17-4-6-18(7-5-17)21-15-26(21)8-10-28(11-9-26)24(29)22-3-2-12-32-22/h4-7,13-14,21-22H,2-3,8-12,15H2,1H3,(H,30,31)/t21-,22+/m0/s1. The molecule has 1 amide bonds. The predicted octanol–water partition coefficient (Wildman–Crippen LogP) is 5.29. The van der Waals surface area contributed by atoms with Gasteiger partial charge in [0.25, 0.3) is 5.91 Å². The molecule has 168 valence electrons. The molecule has 6 heteroatoms. The van der Waals surface area contributed by atoms with Gasteiger partial charge in [0.1, 0.15) is 6.10 Å². The molecule has 1 N–H and O–H groups in total. The van der Waals surface area contributed by atoms with Gasteiger partial charge in [0.05, 0.1) is 10.6 Å². The zero-order chi connectivity index (χ0) is 22.5. The lowest BCUT2D eigenvalue weighted by atomic mass is 9.88. The highest BCUT2D eigenvalue weighted by atomic mass is 35.5. The van der Waals surface area contributed by atoms with Crippen molar-refractivity contribution < 1.29 is 19.4 Å². The molecular weight excluding hydrogens is 426 g/mol. The number of carboxylic acids is 1. The summed E-state index contributed by atoms with van der Waals surface area (Å²) in [6, 6.07) is 11.6. The van der Waals surface area contributed by atoms with Crippen LogP contribution in [0.25, 0.3) is 11.1 Å². The summed E-state index contributed by atoms with van der Waals surface area (Å²) in [5.74, 6) is -0.249. The third-order valence-corrected chi connectivity index (χ3v) is 8.09. The number of hydrogen-bond donors (Lipinski definition) is 1. The number of piperidine rings is 1. The zero-order valence-electron chi connectivity index (χ0n) is 18.3. The highest BCUT2D eigenvalue weighted by Crippen LogP contribution is 2.65. The molecule has 2 saturated heterocycles. The Morgan fingerprint density at radius 1 is 1.16 bits per heavy atom. The van der Waals surface area contributed by atoms with Crippen molar-refractivity contribution in [3.8, 4) is 11.1 Å². The van der Waals surface area contributed by atoms with Crippen LogP contribution in [-0.2, 0) is 9.53 Å². The van der Waals surface area contributed by atoms with Crippen molar-refractivity contribution in [1.29, 1.82) is 0 Å². The van der Waals surface area contributed by atoms with Gasteiger partial charge in [-0.15, -0.1) is 0 Å². The van der Waals surface area contributed by atoms with Crippen LogP contribution in [0.2, 0.25) is 5.02 Å². The van der Waals surface area contributed by atoms with Gasteiger partial charge in [-0.05, 0) is 79.2 Å². The predicted molar refractivity (Wildman–Crippen MR) is 123 cm³/mol. The summed E-state index contributed by atoms with van der Waals surface area (Å²) in [6.07, 6.45) is 4.88. The average Bonchev–Trinajstić information content (AvgIpc) is 3.21. The van der Waals surface area contributed by atoms with Crippen LogP contribution in [0, 0.1) is 12.3 Å². The number of benzene rings is 2. The van der Waals surface area contributed by atoms with Crippen LogP contribution >= 0.6 is 11.6 Å². The molecule has 1 spiro atoms. The largest absolute Gasteiger partial charge is 0.478 e. The molecule has 0 bridgehead atoms. The number of carbonyl (C=O) groups excluding carboxylic acids is 1. The van der Waals surface area contributed by atoms with E-state index in [1.807, 2.05) is 24.0 Å². The molecule has 5 nitrogen and oxygen atoms in total. The van der Waals surface area contributed by atoms with Crippen molar-refractivity contribution in [2.24, 2.45) is 5.41 Å². The number of likely N-dealkylation sites (tertiary alicyclic amines) is 1. The van der Waals surface area contributed by atoms with Crippen LogP contribution in [0.15, 0.2) is 36.4 Å². The minimum Gasteiger partial charge on any atom is -0.478 e. The first-order valence-corrected chi connectivity index (χ1v) is 11.8. The van der Waals surface area contributed by atoms with E-state index in [1.165, 1.54) is 12.0 Å². The second-order valence-electron chi connectivity index (χ2n) is 9.53. The van der Waals surface area contributed by atoms with Gasteiger partial charge >= 0.3 is 5.97 Å². The molecule has 0 radical (unpaired) electrons. The van der Waals surface area contributed by atoms with Gasteiger partial charge in [-0.1, -0.05) is 35.9 Å². The highest BCUT2D eigenvalue weighted by molar-refractivity contribution is 6.34. The van der Waals surface area contributed by atoms with Crippen molar-refractivity contribution >= 4 is 23.5 Å². The van der Waals surface area contributed by atoms with Crippen LogP contribution < -0.4 is 0 Å². The monoisotopic (exact) mass is 453 g/mol. The number of hydrogen-bond acceptors (Lipinski definition) is 3. The van der Waals surface area contributed by atoms with E-state index in [-0.39, 0.29) is 17.6 Å². The summed E-state index contributed by atoms with van der Waals surface area (Å²) in [7, 11) is 0. The normalized spacial score (nSPS) is 24.0. The Kier molecular flexibility index (Phi) is 5.50. The lowest BCUT2D eigenvalue weighted by Crippen LogP contribution is -2.44. The zero-order valence-corrected chi connectivity index (χ0v) is 19.0. The van der Waals surface area contributed by atoms with Gasteiger partial charge < -0.3 is 14.7 Å². The lowest BCUT2D eigenvalue weighted by Gasteiger charge is -2.34.